The Morgan fingerprint density at radius 1 is 0.800 bits per heavy atom. The minimum Gasteiger partial charge on any atom is -0.493 e. The minimum absolute atomic E-state index is 0.183. The molecule has 6 heteroatoms. The van der Waals surface area contributed by atoms with Gasteiger partial charge in [0.25, 0.3) is 10.0 Å². The molecule has 0 aromatic heterocycles. The topological polar surface area (TPSA) is 64.6 Å². The number of hydrogen-bond donors (Lipinski definition) is 1. The highest BCUT2D eigenvalue weighted by Gasteiger charge is 2.21. The second kappa shape index (κ2) is 13.2. The molecule has 4 rings (SSSR count). The average molecular weight is 554 g/mol. The zero-order valence-corrected chi connectivity index (χ0v) is 24.2. The number of unbranched alkanes of at least 4 members (excludes halogenated alkanes) is 1. The van der Waals surface area contributed by atoms with Crippen LogP contribution >= 0.6 is 0 Å². The van der Waals surface area contributed by atoms with Gasteiger partial charge in [0.05, 0.1) is 24.8 Å². The third-order valence-corrected chi connectivity index (χ3v) is 7.91. The van der Waals surface area contributed by atoms with Crippen LogP contribution in [0.15, 0.2) is 114 Å². The fourth-order valence-corrected chi connectivity index (χ4v) is 5.46. The molecule has 4 aromatic carbocycles. The predicted molar refractivity (Wildman–Crippen MR) is 164 cm³/mol. The molecule has 4 aromatic rings. The maximum absolute atomic E-state index is 13.5. The number of aryl methyl sites for hydroxylation is 1. The molecule has 0 aliphatic carbocycles. The van der Waals surface area contributed by atoms with Gasteiger partial charge < -0.3 is 9.47 Å². The van der Waals surface area contributed by atoms with Gasteiger partial charge in [-0.05, 0) is 59.9 Å². The Balaban J connectivity index is 1.94. The highest BCUT2D eigenvalue weighted by molar-refractivity contribution is 7.92. The van der Waals surface area contributed by atoms with Crippen LogP contribution in [0.25, 0.3) is 11.1 Å². The van der Waals surface area contributed by atoms with Gasteiger partial charge in [0.1, 0.15) is 0 Å². The first-order chi connectivity index (χ1) is 19.4. The smallest absolute Gasteiger partial charge is 0.261 e. The molecule has 0 atom stereocenters. The maximum atomic E-state index is 13.5. The fraction of sp³-hybridized carbons (Fsp3) is 0.176. The lowest BCUT2D eigenvalue weighted by Crippen LogP contribution is -2.14. The van der Waals surface area contributed by atoms with Crippen molar-refractivity contribution in [1.82, 2.24) is 0 Å². The van der Waals surface area contributed by atoms with Crippen molar-refractivity contribution in [2.24, 2.45) is 0 Å². The number of rotatable bonds is 11. The second-order valence-corrected chi connectivity index (χ2v) is 11.1. The molecule has 0 aliphatic rings. The van der Waals surface area contributed by atoms with Crippen molar-refractivity contribution in [3.63, 3.8) is 0 Å². The average Bonchev–Trinajstić information content (AvgIpc) is 2.98. The van der Waals surface area contributed by atoms with E-state index in [1.54, 1.807) is 37.4 Å². The summed E-state index contributed by atoms with van der Waals surface area (Å²) in [7, 11) is -0.772. The molecule has 206 valence electrons. The molecule has 5 nitrogen and oxygen atoms in total. The van der Waals surface area contributed by atoms with Crippen LogP contribution in [0.1, 0.15) is 42.0 Å². The van der Waals surface area contributed by atoms with Crippen LogP contribution in [-0.2, 0) is 10.0 Å². The zero-order chi connectivity index (χ0) is 28.5. The number of ether oxygens (including phenoxy) is 2. The number of benzene rings is 4. The summed E-state index contributed by atoms with van der Waals surface area (Å²) in [6, 6.07) is 30.6. The molecule has 0 amide bonds. The van der Waals surface area contributed by atoms with Gasteiger partial charge in [0.15, 0.2) is 11.5 Å². The minimum atomic E-state index is -3.88. The van der Waals surface area contributed by atoms with Gasteiger partial charge >= 0.3 is 0 Å². The predicted octanol–water partition coefficient (Wildman–Crippen LogP) is 8.13. The lowest BCUT2D eigenvalue weighted by atomic mass is 9.92. The maximum Gasteiger partial charge on any atom is 0.261 e. The SMILES string of the molecule is CCC/C=C(\C=C(c1ccccc1)c1ccccc1)c1cc(OC)c(OC)cc1NS(=O)(=O)c1ccc(C)cc1. The molecule has 0 bridgehead atoms. The lowest BCUT2D eigenvalue weighted by Gasteiger charge is -2.19. The number of nitrogens with one attached hydrogen (secondary N) is 1. The molecule has 1 N–H and O–H groups in total. The van der Waals surface area contributed by atoms with Crippen LogP contribution in [-0.4, -0.2) is 22.6 Å². The van der Waals surface area contributed by atoms with Gasteiger partial charge in [-0.2, -0.15) is 0 Å². The first-order valence-electron chi connectivity index (χ1n) is 13.2. The van der Waals surface area contributed by atoms with Crippen LogP contribution in [0.3, 0.4) is 0 Å². The Morgan fingerprint density at radius 2 is 1.35 bits per heavy atom. The van der Waals surface area contributed by atoms with E-state index in [1.807, 2.05) is 49.4 Å². The Bertz CT molecular complexity index is 1550. The Morgan fingerprint density at radius 3 is 1.88 bits per heavy atom. The van der Waals surface area contributed by atoms with Crippen LogP contribution < -0.4 is 14.2 Å². The summed E-state index contributed by atoms with van der Waals surface area (Å²) >= 11 is 0. The highest BCUT2D eigenvalue weighted by Crippen LogP contribution is 2.39. The van der Waals surface area contributed by atoms with Crippen LogP contribution in [0.2, 0.25) is 0 Å². The van der Waals surface area contributed by atoms with E-state index >= 15 is 0 Å². The lowest BCUT2D eigenvalue weighted by molar-refractivity contribution is 0.355. The first-order valence-corrected chi connectivity index (χ1v) is 14.7. The summed E-state index contributed by atoms with van der Waals surface area (Å²) in [5.41, 5.74) is 6.06. The Kier molecular flexibility index (Phi) is 9.46. The molecule has 0 spiro atoms. The third kappa shape index (κ3) is 6.82. The Labute approximate surface area is 237 Å². The largest absolute Gasteiger partial charge is 0.493 e. The van der Waals surface area contributed by atoms with Gasteiger partial charge in [-0.3, -0.25) is 4.72 Å². The summed E-state index contributed by atoms with van der Waals surface area (Å²) < 4.78 is 41.0. The van der Waals surface area contributed by atoms with Crippen molar-refractivity contribution < 1.29 is 17.9 Å². The van der Waals surface area contributed by atoms with Gasteiger partial charge in [0, 0.05) is 11.6 Å². The van der Waals surface area contributed by atoms with E-state index in [0.29, 0.717) is 22.7 Å². The highest BCUT2D eigenvalue weighted by atomic mass is 32.2. The van der Waals surface area contributed by atoms with Crippen LogP contribution in [0.4, 0.5) is 5.69 Å². The van der Waals surface area contributed by atoms with E-state index < -0.39 is 10.0 Å². The molecule has 0 heterocycles. The van der Waals surface area contributed by atoms with Crippen molar-refractivity contribution >= 4 is 26.9 Å². The summed E-state index contributed by atoms with van der Waals surface area (Å²) in [6.07, 6.45) is 5.99. The molecule has 0 saturated heterocycles. The normalized spacial score (nSPS) is 11.6. The van der Waals surface area contributed by atoms with E-state index in [-0.39, 0.29) is 4.90 Å². The van der Waals surface area contributed by atoms with E-state index in [4.69, 9.17) is 9.47 Å². The summed E-state index contributed by atoms with van der Waals surface area (Å²) in [5, 5.41) is 0. The van der Waals surface area contributed by atoms with Gasteiger partial charge in [-0.1, -0.05) is 97.8 Å². The number of hydrogen-bond acceptors (Lipinski definition) is 4. The third-order valence-electron chi connectivity index (χ3n) is 6.53. The molecular formula is C34H35NO4S. The molecular weight excluding hydrogens is 518 g/mol. The fourth-order valence-electron chi connectivity index (χ4n) is 4.39. The number of sulfonamides is 1. The number of methoxy groups -OCH3 is 2. The number of anilines is 1. The van der Waals surface area contributed by atoms with Crippen LogP contribution in [0.5, 0.6) is 11.5 Å². The monoisotopic (exact) mass is 553 g/mol. The van der Waals surface area contributed by atoms with E-state index in [0.717, 1.165) is 40.7 Å². The quantitative estimate of drug-likeness (QED) is 0.191. The first kappa shape index (κ1) is 28.7. The van der Waals surface area contributed by atoms with Crippen molar-refractivity contribution in [2.45, 2.75) is 31.6 Å². The molecule has 0 fully saturated rings. The molecule has 0 aliphatic heterocycles. The van der Waals surface area contributed by atoms with Crippen molar-refractivity contribution in [1.29, 1.82) is 0 Å². The van der Waals surface area contributed by atoms with Crippen molar-refractivity contribution in [2.75, 3.05) is 18.9 Å². The van der Waals surface area contributed by atoms with Crippen molar-refractivity contribution in [3.8, 4) is 11.5 Å². The van der Waals surface area contributed by atoms with Gasteiger partial charge in [-0.15, -0.1) is 0 Å². The van der Waals surface area contributed by atoms with Crippen LogP contribution in [0, 0.1) is 6.92 Å². The van der Waals surface area contributed by atoms with E-state index in [1.165, 1.54) is 7.11 Å². The molecule has 0 unspecified atom stereocenters. The van der Waals surface area contributed by atoms with Crippen molar-refractivity contribution in [3.05, 3.63) is 131 Å². The summed E-state index contributed by atoms with van der Waals surface area (Å²) in [4.78, 5) is 0.183. The van der Waals surface area contributed by atoms with Gasteiger partial charge in [-0.25, -0.2) is 8.42 Å². The molecule has 0 radical (unpaired) electrons. The standard InChI is InChI=1S/C34H35NO4S/c1-5-6-13-28(22-30(26-14-9-7-10-15-26)27-16-11-8-12-17-27)31-23-33(38-3)34(39-4)24-32(31)35-40(36,37)29-20-18-25(2)19-21-29/h7-24,35H,5-6H2,1-4H3/b28-13+. The molecule has 40 heavy (non-hydrogen) atoms. The Hall–Kier alpha value is -4.29. The number of allylic oxidation sites excluding steroid dienone is 3. The summed E-state index contributed by atoms with van der Waals surface area (Å²) in [5.74, 6) is 0.936. The molecule has 0 saturated carbocycles. The second-order valence-electron chi connectivity index (χ2n) is 9.41. The van der Waals surface area contributed by atoms with Gasteiger partial charge in [0.2, 0.25) is 0 Å². The summed E-state index contributed by atoms with van der Waals surface area (Å²) in [6.45, 7) is 4.03. The van der Waals surface area contributed by atoms with E-state index in [2.05, 4.69) is 48.1 Å². The zero-order valence-electron chi connectivity index (χ0n) is 23.3. The van der Waals surface area contributed by atoms with E-state index in [9.17, 15) is 8.42 Å².